The van der Waals surface area contributed by atoms with Gasteiger partial charge in [0.05, 0.1) is 14.8 Å². The summed E-state index contributed by atoms with van der Waals surface area (Å²) in [7, 11) is -3.82. The van der Waals surface area contributed by atoms with Gasteiger partial charge < -0.3 is 0 Å². The first-order valence-electron chi connectivity index (χ1n) is 6.51. The molecule has 0 fully saturated rings. The number of nitrogens with one attached hydrogen (secondary N) is 1. The highest BCUT2D eigenvalue weighted by molar-refractivity contribution is 7.89. The average molecular weight is 341 g/mol. The third kappa shape index (κ3) is 3.67. The molecule has 9 heteroatoms. The minimum absolute atomic E-state index is 0.0505. The number of sulfonamides is 1. The van der Waals surface area contributed by atoms with Crippen LogP contribution in [0.3, 0.4) is 0 Å². The highest BCUT2D eigenvalue weighted by Crippen LogP contribution is 2.23. The Morgan fingerprint density at radius 1 is 1.41 bits per heavy atom. The number of aromatic nitrogens is 1. The van der Waals surface area contributed by atoms with Gasteiger partial charge in [0, 0.05) is 29.8 Å². The zero-order valence-electron chi connectivity index (χ0n) is 12.1. The molecule has 7 nitrogen and oxygen atoms in total. The Bertz CT molecular complexity index is 799. The first-order chi connectivity index (χ1) is 10.3. The second kappa shape index (κ2) is 6.51. The van der Waals surface area contributed by atoms with E-state index >= 15 is 0 Å². The van der Waals surface area contributed by atoms with Crippen LogP contribution in [0.4, 0.5) is 5.69 Å². The van der Waals surface area contributed by atoms with Crippen molar-refractivity contribution in [2.45, 2.75) is 31.7 Å². The van der Waals surface area contributed by atoms with Crippen LogP contribution in [-0.4, -0.2) is 18.3 Å². The normalized spacial score (nSPS) is 11.5. The Labute approximate surface area is 132 Å². The van der Waals surface area contributed by atoms with Gasteiger partial charge in [0.2, 0.25) is 10.0 Å². The lowest BCUT2D eigenvalue weighted by Crippen LogP contribution is -2.24. The Morgan fingerprint density at radius 3 is 2.68 bits per heavy atom. The first kappa shape index (κ1) is 16.5. The molecular formula is C13H15N3O4S2. The molecule has 0 radical (unpaired) electrons. The molecule has 1 heterocycles. The number of nitro groups is 1. The van der Waals surface area contributed by atoms with Gasteiger partial charge in [0.25, 0.3) is 5.69 Å². The summed E-state index contributed by atoms with van der Waals surface area (Å²) < 4.78 is 27.3. The second-order valence-electron chi connectivity index (χ2n) is 4.57. The SMILES string of the molecule is CCc1ccc([N+](=O)[O-])cc1S(=O)(=O)NCc1cnc(C)s1. The summed E-state index contributed by atoms with van der Waals surface area (Å²) in [6.45, 7) is 3.74. The summed E-state index contributed by atoms with van der Waals surface area (Å²) >= 11 is 1.40. The molecule has 0 bridgehead atoms. The maximum atomic E-state index is 12.4. The zero-order chi connectivity index (χ0) is 16.3. The van der Waals surface area contributed by atoms with Crippen LogP contribution in [0.25, 0.3) is 0 Å². The molecule has 0 saturated carbocycles. The van der Waals surface area contributed by atoms with Gasteiger partial charge in [-0.25, -0.2) is 18.1 Å². The van der Waals surface area contributed by atoms with Gasteiger partial charge in [-0.1, -0.05) is 13.0 Å². The number of hydrogen-bond donors (Lipinski definition) is 1. The van der Waals surface area contributed by atoms with E-state index < -0.39 is 14.9 Å². The minimum atomic E-state index is -3.82. The van der Waals surface area contributed by atoms with Crippen LogP contribution >= 0.6 is 11.3 Å². The predicted molar refractivity (Wildman–Crippen MR) is 83.4 cm³/mol. The van der Waals surface area contributed by atoms with Crippen molar-refractivity contribution in [2.75, 3.05) is 0 Å². The summed E-state index contributed by atoms with van der Waals surface area (Å²) in [6, 6.07) is 3.88. The van der Waals surface area contributed by atoms with Crippen molar-refractivity contribution in [3.63, 3.8) is 0 Å². The standard InChI is InChI=1S/C13H15N3O4S2/c1-3-10-4-5-11(16(17)18)6-13(10)22(19,20)15-8-12-7-14-9(2)21-12/h4-7,15H,3,8H2,1-2H3. The summed E-state index contributed by atoms with van der Waals surface area (Å²) in [5, 5.41) is 11.7. The Morgan fingerprint density at radius 2 is 2.14 bits per heavy atom. The van der Waals surface area contributed by atoms with Crippen LogP contribution in [-0.2, 0) is 23.0 Å². The number of hydrogen-bond acceptors (Lipinski definition) is 6. The quantitative estimate of drug-likeness (QED) is 0.642. The molecule has 2 aromatic rings. The molecule has 2 rings (SSSR count). The maximum Gasteiger partial charge on any atom is 0.270 e. The van der Waals surface area contributed by atoms with Crippen molar-refractivity contribution in [2.24, 2.45) is 0 Å². The van der Waals surface area contributed by atoms with Crippen molar-refractivity contribution in [1.82, 2.24) is 9.71 Å². The average Bonchev–Trinajstić information content (AvgIpc) is 2.90. The summed E-state index contributed by atoms with van der Waals surface area (Å²) in [4.78, 5) is 15.0. The first-order valence-corrected chi connectivity index (χ1v) is 8.81. The zero-order valence-corrected chi connectivity index (χ0v) is 13.7. The molecular weight excluding hydrogens is 326 g/mol. The molecule has 0 aliphatic carbocycles. The highest BCUT2D eigenvalue weighted by Gasteiger charge is 2.21. The van der Waals surface area contributed by atoms with Crippen molar-refractivity contribution >= 4 is 27.0 Å². The lowest BCUT2D eigenvalue weighted by Gasteiger charge is -2.09. The summed E-state index contributed by atoms with van der Waals surface area (Å²) in [5.41, 5.74) is 0.296. The molecule has 0 amide bonds. The molecule has 22 heavy (non-hydrogen) atoms. The Balaban J connectivity index is 2.31. The van der Waals surface area contributed by atoms with Crippen molar-refractivity contribution in [3.8, 4) is 0 Å². The molecule has 0 unspecified atom stereocenters. The number of aryl methyl sites for hydroxylation is 2. The molecule has 1 aromatic carbocycles. The molecule has 1 aromatic heterocycles. The molecule has 0 aliphatic heterocycles. The lowest BCUT2D eigenvalue weighted by atomic mass is 10.1. The van der Waals surface area contributed by atoms with Crippen LogP contribution < -0.4 is 4.72 Å². The number of nitrogens with zero attached hydrogens (tertiary/aromatic N) is 2. The van der Waals surface area contributed by atoms with Crippen LogP contribution in [0.5, 0.6) is 0 Å². The van der Waals surface area contributed by atoms with E-state index in [2.05, 4.69) is 9.71 Å². The monoisotopic (exact) mass is 341 g/mol. The van der Waals surface area contributed by atoms with Gasteiger partial charge in [0.15, 0.2) is 0 Å². The minimum Gasteiger partial charge on any atom is -0.258 e. The van der Waals surface area contributed by atoms with Crippen LogP contribution in [0.15, 0.2) is 29.3 Å². The number of nitro benzene ring substituents is 1. The number of non-ortho nitro benzene ring substituents is 1. The molecule has 0 spiro atoms. The molecule has 0 atom stereocenters. The van der Waals surface area contributed by atoms with Gasteiger partial charge >= 0.3 is 0 Å². The fraction of sp³-hybridized carbons (Fsp3) is 0.308. The van der Waals surface area contributed by atoms with E-state index in [1.54, 1.807) is 13.1 Å². The van der Waals surface area contributed by atoms with Gasteiger partial charge in [0.1, 0.15) is 0 Å². The van der Waals surface area contributed by atoms with E-state index in [-0.39, 0.29) is 17.1 Å². The van der Waals surface area contributed by atoms with E-state index in [1.165, 1.54) is 23.5 Å². The van der Waals surface area contributed by atoms with E-state index in [9.17, 15) is 18.5 Å². The number of rotatable bonds is 6. The third-order valence-electron chi connectivity index (χ3n) is 3.04. The van der Waals surface area contributed by atoms with Crippen molar-refractivity contribution < 1.29 is 13.3 Å². The van der Waals surface area contributed by atoms with E-state index in [4.69, 9.17) is 0 Å². The van der Waals surface area contributed by atoms with Crippen LogP contribution in [0.2, 0.25) is 0 Å². The largest absolute Gasteiger partial charge is 0.270 e. The van der Waals surface area contributed by atoms with Crippen molar-refractivity contribution in [3.05, 3.63) is 50.0 Å². The highest BCUT2D eigenvalue weighted by atomic mass is 32.2. The summed E-state index contributed by atoms with van der Waals surface area (Å²) in [5.74, 6) is 0. The van der Waals surface area contributed by atoms with E-state index in [0.29, 0.717) is 12.0 Å². The van der Waals surface area contributed by atoms with Crippen LogP contribution in [0.1, 0.15) is 22.4 Å². The fourth-order valence-electron chi connectivity index (χ4n) is 1.93. The molecule has 118 valence electrons. The topological polar surface area (TPSA) is 102 Å². The van der Waals surface area contributed by atoms with E-state index in [0.717, 1.165) is 16.0 Å². The Kier molecular flexibility index (Phi) is 4.89. The molecule has 0 saturated heterocycles. The van der Waals surface area contributed by atoms with Gasteiger partial charge in [-0.2, -0.15) is 0 Å². The fourth-order valence-corrected chi connectivity index (χ4v) is 4.09. The second-order valence-corrected chi connectivity index (χ2v) is 7.63. The van der Waals surface area contributed by atoms with Crippen molar-refractivity contribution in [1.29, 1.82) is 0 Å². The number of benzene rings is 1. The molecule has 1 N–H and O–H groups in total. The summed E-state index contributed by atoms with van der Waals surface area (Å²) in [6.07, 6.45) is 2.07. The third-order valence-corrected chi connectivity index (χ3v) is 5.43. The predicted octanol–water partition coefficient (Wildman–Crippen LogP) is 2.40. The Hall–Kier alpha value is -1.84. The smallest absolute Gasteiger partial charge is 0.258 e. The van der Waals surface area contributed by atoms with Gasteiger partial charge in [-0.3, -0.25) is 10.1 Å². The lowest BCUT2D eigenvalue weighted by molar-refractivity contribution is -0.385. The molecule has 0 aliphatic rings. The van der Waals surface area contributed by atoms with Gasteiger partial charge in [-0.15, -0.1) is 11.3 Å². The van der Waals surface area contributed by atoms with Gasteiger partial charge in [-0.05, 0) is 18.9 Å². The number of thiazole rings is 1. The maximum absolute atomic E-state index is 12.4. The van der Waals surface area contributed by atoms with E-state index in [1.807, 2.05) is 6.92 Å². The van der Waals surface area contributed by atoms with Crippen LogP contribution in [0, 0.1) is 17.0 Å².